The maximum absolute atomic E-state index is 12.1. The van der Waals surface area contributed by atoms with Crippen molar-refractivity contribution in [1.29, 1.82) is 0 Å². The summed E-state index contributed by atoms with van der Waals surface area (Å²) in [6, 6.07) is 6.29. The molecule has 1 aromatic rings. The van der Waals surface area contributed by atoms with Crippen LogP contribution in [0.4, 0.5) is 0 Å². The summed E-state index contributed by atoms with van der Waals surface area (Å²) in [5, 5.41) is 0. The van der Waals surface area contributed by atoms with E-state index < -0.39 is 6.04 Å². The zero-order valence-electron chi connectivity index (χ0n) is 10.2. The van der Waals surface area contributed by atoms with Gasteiger partial charge in [0.2, 0.25) is 0 Å². The molecule has 1 aromatic carbocycles. The molecule has 0 radical (unpaired) electrons. The smallest absolute Gasteiger partial charge is 0.262 e. The molecule has 1 aliphatic rings. The number of hydrogen-bond donors (Lipinski definition) is 0. The summed E-state index contributed by atoms with van der Waals surface area (Å²) in [6.07, 6.45) is 2.93. The molecular weight excluding hydrogens is 230 g/mol. The van der Waals surface area contributed by atoms with Crippen molar-refractivity contribution in [3.05, 3.63) is 47.5 Å². The molecule has 0 saturated carbocycles. The molecule has 1 aliphatic heterocycles. The highest BCUT2D eigenvalue weighted by molar-refractivity contribution is 6.21. The summed E-state index contributed by atoms with van der Waals surface area (Å²) in [5.41, 5.74) is 0.844. The molecule has 1 heterocycles. The van der Waals surface area contributed by atoms with E-state index in [1.165, 1.54) is 17.9 Å². The summed E-state index contributed by atoms with van der Waals surface area (Å²) in [4.78, 5) is 36.2. The standard InChI is InChI=1S/C14H13NO3/c1-9(7-8-10(2)16)15-13(17)11-5-3-4-6-12(11)14(15)18/h3-9H,1-2H3/b8-7-/t9-/m0/s1. The molecule has 0 aromatic heterocycles. The third-order valence-corrected chi connectivity index (χ3v) is 2.84. The zero-order chi connectivity index (χ0) is 13.3. The number of fused-ring (bicyclic) bond motifs is 1. The van der Waals surface area contributed by atoms with E-state index in [1.54, 1.807) is 37.3 Å². The van der Waals surface area contributed by atoms with Crippen LogP contribution < -0.4 is 0 Å². The van der Waals surface area contributed by atoms with Gasteiger partial charge in [0.25, 0.3) is 11.8 Å². The van der Waals surface area contributed by atoms with Crippen LogP contribution in [0.3, 0.4) is 0 Å². The van der Waals surface area contributed by atoms with Crippen molar-refractivity contribution < 1.29 is 14.4 Å². The average molecular weight is 243 g/mol. The Hall–Kier alpha value is -2.23. The van der Waals surface area contributed by atoms with Gasteiger partial charge in [-0.25, -0.2) is 0 Å². The number of benzene rings is 1. The molecule has 1 atom stereocenters. The lowest BCUT2D eigenvalue weighted by Gasteiger charge is -2.18. The number of rotatable bonds is 3. The second-order valence-corrected chi connectivity index (χ2v) is 4.24. The van der Waals surface area contributed by atoms with E-state index >= 15 is 0 Å². The van der Waals surface area contributed by atoms with Gasteiger partial charge in [-0.05, 0) is 32.1 Å². The van der Waals surface area contributed by atoms with Crippen LogP contribution in [0.5, 0.6) is 0 Å². The number of amides is 2. The predicted octanol–water partition coefficient (Wildman–Crippen LogP) is 1.82. The van der Waals surface area contributed by atoms with Gasteiger partial charge in [0.05, 0.1) is 17.2 Å². The van der Waals surface area contributed by atoms with Crippen LogP contribution in [0.1, 0.15) is 34.6 Å². The van der Waals surface area contributed by atoms with E-state index in [9.17, 15) is 14.4 Å². The molecule has 2 rings (SSSR count). The summed E-state index contributed by atoms with van der Waals surface area (Å²) < 4.78 is 0. The fourth-order valence-corrected chi connectivity index (χ4v) is 1.94. The number of hydrogen-bond acceptors (Lipinski definition) is 3. The van der Waals surface area contributed by atoms with Gasteiger partial charge in [-0.1, -0.05) is 18.2 Å². The Kier molecular flexibility index (Phi) is 3.10. The van der Waals surface area contributed by atoms with Crippen LogP contribution in [-0.4, -0.2) is 28.5 Å². The number of allylic oxidation sites excluding steroid dienone is 1. The van der Waals surface area contributed by atoms with Crippen molar-refractivity contribution in [2.24, 2.45) is 0 Å². The third-order valence-electron chi connectivity index (χ3n) is 2.84. The highest BCUT2D eigenvalue weighted by Crippen LogP contribution is 2.24. The molecular formula is C14H13NO3. The Morgan fingerprint density at radius 3 is 2.11 bits per heavy atom. The summed E-state index contributed by atoms with van der Waals surface area (Å²) in [7, 11) is 0. The van der Waals surface area contributed by atoms with Crippen LogP contribution in [0.2, 0.25) is 0 Å². The van der Waals surface area contributed by atoms with Gasteiger partial charge < -0.3 is 0 Å². The molecule has 0 bridgehead atoms. The molecule has 0 fully saturated rings. The SMILES string of the molecule is CC(=O)/C=C\[C@H](C)N1C(=O)c2ccccc2C1=O. The third kappa shape index (κ3) is 1.97. The topological polar surface area (TPSA) is 54.5 Å². The average Bonchev–Trinajstić information content (AvgIpc) is 2.60. The number of carbonyl (C=O) groups is 3. The molecule has 0 aliphatic carbocycles. The lowest BCUT2D eigenvalue weighted by molar-refractivity contribution is -0.112. The van der Waals surface area contributed by atoms with Gasteiger partial charge in [0, 0.05) is 0 Å². The minimum atomic E-state index is -0.429. The molecule has 4 heteroatoms. The van der Waals surface area contributed by atoms with Crippen LogP contribution in [0, 0.1) is 0 Å². The number of carbonyl (C=O) groups excluding carboxylic acids is 3. The van der Waals surface area contributed by atoms with Gasteiger partial charge >= 0.3 is 0 Å². The monoisotopic (exact) mass is 243 g/mol. The highest BCUT2D eigenvalue weighted by atomic mass is 16.2. The Balaban J connectivity index is 2.31. The zero-order valence-corrected chi connectivity index (χ0v) is 10.2. The van der Waals surface area contributed by atoms with Crippen LogP contribution in [0.25, 0.3) is 0 Å². The Morgan fingerprint density at radius 2 is 1.67 bits per heavy atom. The fourth-order valence-electron chi connectivity index (χ4n) is 1.94. The van der Waals surface area contributed by atoms with Crippen molar-refractivity contribution in [3.8, 4) is 0 Å². The van der Waals surface area contributed by atoms with E-state index in [0.29, 0.717) is 11.1 Å². The lowest BCUT2D eigenvalue weighted by atomic mass is 10.1. The molecule has 0 saturated heterocycles. The van der Waals surface area contributed by atoms with Crippen molar-refractivity contribution >= 4 is 17.6 Å². The minimum Gasteiger partial charge on any atom is -0.295 e. The van der Waals surface area contributed by atoms with E-state index in [4.69, 9.17) is 0 Å². The van der Waals surface area contributed by atoms with Gasteiger partial charge in [0.15, 0.2) is 5.78 Å². The van der Waals surface area contributed by atoms with Crippen LogP contribution in [0.15, 0.2) is 36.4 Å². The normalized spacial score (nSPS) is 16.2. The van der Waals surface area contributed by atoms with Gasteiger partial charge in [-0.15, -0.1) is 0 Å². The second kappa shape index (κ2) is 4.56. The largest absolute Gasteiger partial charge is 0.295 e. The molecule has 0 N–H and O–H groups in total. The first kappa shape index (κ1) is 12.2. The molecule has 0 spiro atoms. The second-order valence-electron chi connectivity index (χ2n) is 4.24. The summed E-state index contributed by atoms with van der Waals surface area (Å²) in [6.45, 7) is 3.13. The first-order chi connectivity index (χ1) is 8.52. The maximum Gasteiger partial charge on any atom is 0.262 e. The Labute approximate surface area is 105 Å². The van der Waals surface area contributed by atoms with E-state index in [-0.39, 0.29) is 17.6 Å². The van der Waals surface area contributed by atoms with Crippen molar-refractivity contribution in [3.63, 3.8) is 0 Å². The first-order valence-electron chi connectivity index (χ1n) is 5.68. The molecule has 92 valence electrons. The van der Waals surface area contributed by atoms with Gasteiger partial charge in [-0.3, -0.25) is 19.3 Å². The number of ketones is 1. The quantitative estimate of drug-likeness (QED) is 0.601. The van der Waals surface area contributed by atoms with Crippen molar-refractivity contribution in [2.45, 2.75) is 19.9 Å². The van der Waals surface area contributed by atoms with Crippen LogP contribution >= 0.6 is 0 Å². The van der Waals surface area contributed by atoms with E-state index in [0.717, 1.165) is 0 Å². The van der Waals surface area contributed by atoms with Crippen LogP contribution in [-0.2, 0) is 4.79 Å². The predicted molar refractivity (Wildman–Crippen MR) is 66.2 cm³/mol. The minimum absolute atomic E-state index is 0.113. The van der Waals surface area contributed by atoms with E-state index in [2.05, 4.69) is 0 Å². The first-order valence-corrected chi connectivity index (χ1v) is 5.68. The van der Waals surface area contributed by atoms with Gasteiger partial charge in [0.1, 0.15) is 0 Å². The Bertz CT molecular complexity index is 525. The number of nitrogens with zero attached hydrogens (tertiary/aromatic N) is 1. The highest BCUT2D eigenvalue weighted by Gasteiger charge is 2.37. The number of imide groups is 1. The fraction of sp³-hybridized carbons (Fsp3) is 0.214. The Morgan fingerprint density at radius 1 is 1.17 bits per heavy atom. The lowest BCUT2D eigenvalue weighted by Crippen LogP contribution is -2.36. The van der Waals surface area contributed by atoms with Gasteiger partial charge in [-0.2, -0.15) is 0 Å². The van der Waals surface area contributed by atoms with Crippen molar-refractivity contribution in [1.82, 2.24) is 4.90 Å². The molecule has 2 amide bonds. The maximum atomic E-state index is 12.1. The van der Waals surface area contributed by atoms with E-state index in [1.807, 2.05) is 0 Å². The summed E-state index contributed by atoms with van der Waals surface area (Å²) >= 11 is 0. The molecule has 0 unspecified atom stereocenters. The molecule has 18 heavy (non-hydrogen) atoms. The summed E-state index contributed by atoms with van der Waals surface area (Å²) in [5.74, 6) is -0.730. The van der Waals surface area contributed by atoms with Crippen molar-refractivity contribution in [2.75, 3.05) is 0 Å². The molecule has 4 nitrogen and oxygen atoms in total.